The molecule has 1 unspecified atom stereocenters. The van der Waals surface area contributed by atoms with Crippen molar-refractivity contribution in [1.29, 1.82) is 0 Å². The molecule has 0 amide bonds. The van der Waals surface area contributed by atoms with E-state index in [9.17, 15) is 0 Å². The molecule has 4 heteroatoms. The summed E-state index contributed by atoms with van der Waals surface area (Å²) in [6.45, 7) is 4.83. The van der Waals surface area contributed by atoms with Crippen molar-refractivity contribution in [2.45, 2.75) is 19.9 Å². The van der Waals surface area contributed by atoms with E-state index in [2.05, 4.69) is 65.5 Å². The predicted molar refractivity (Wildman–Crippen MR) is 82.9 cm³/mol. The summed E-state index contributed by atoms with van der Waals surface area (Å²) in [5, 5.41) is 3.39. The number of rotatable bonds is 5. The summed E-state index contributed by atoms with van der Waals surface area (Å²) < 4.78 is 0. The van der Waals surface area contributed by atoms with Gasteiger partial charge in [0.05, 0.1) is 6.04 Å². The lowest BCUT2D eigenvalue weighted by Crippen LogP contribution is -2.27. The molecular formula is C16H22N4. The van der Waals surface area contributed by atoms with Crippen LogP contribution in [-0.4, -0.2) is 35.5 Å². The van der Waals surface area contributed by atoms with Crippen LogP contribution in [0, 0.1) is 13.8 Å². The summed E-state index contributed by atoms with van der Waals surface area (Å²) in [5.74, 6) is 1.66. The third-order valence-electron chi connectivity index (χ3n) is 3.30. The first-order chi connectivity index (χ1) is 9.56. The fourth-order valence-electron chi connectivity index (χ4n) is 2.23. The number of likely N-dealkylation sites (N-methyl/N-ethyl adjacent to an activating group) is 1. The Balaban J connectivity index is 2.10. The second kappa shape index (κ2) is 6.48. The summed E-state index contributed by atoms with van der Waals surface area (Å²) in [6, 6.07) is 10.8. The van der Waals surface area contributed by atoms with Crippen LogP contribution in [0.25, 0.3) is 0 Å². The van der Waals surface area contributed by atoms with Gasteiger partial charge in [0, 0.05) is 12.7 Å². The average Bonchev–Trinajstić information content (AvgIpc) is 2.38. The number of aromatic nitrogens is 2. The third-order valence-corrected chi connectivity index (χ3v) is 3.30. The molecule has 1 atom stereocenters. The minimum absolute atomic E-state index is 0.310. The largest absolute Gasteiger partial charge is 0.368 e. The smallest absolute Gasteiger partial charge is 0.129 e. The normalized spacial score (nSPS) is 12.4. The second-order valence-corrected chi connectivity index (χ2v) is 5.26. The molecule has 1 heterocycles. The van der Waals surface area contributed by atoms with Gasteiger partial charge in [-0.25, -0.2) is 9.97 Å². The Morgan fingerprint density at radius 2 is 2.00 bits per heavy atom. The van der Waals surface area contributed by atoms with Gasteiger partial charge in [-0.05, 0) is 39.6 Å². The van der Waals surface area contributed by atoms with E-state index in [0.29, 0.717) is 6.04 Å². The number of anilines is 1. The molecule has 0 saturated heterocycles. The Labute approximate surface area is 120 Å². The molecule has 2 aromatic rings. The molecule has 0 fully saturated rings. The summed E-state index contributed by atoms with van der Waals surface area (Å²) in [4.78, 5) is 10.7. The van der Waals surface area contributed by atoms with Crippen LogP contribution in [0.2, 0.25) is 0 Å². The zero-order valence-electron chi connectivity index (χ0n) is 12.6. The molecule has 0 bridgehead atoms. The molecule has 0 spiro atoms. The van der Waals surface area contributed by atoms with E-state index in [1.165, 1.54) is 11.1 Å². The first-order valence-electron chi connectivity index (χ1n) is 6.83. The van der Waals surface area contributed by atoms with E-state index in [-0.39, 0.29) is 0 Å². The minimum atomic E-state index is 0.310. The zero-order valence-corrected chi connectivity index (χ0v) is 12.6. The summed E-state index contributed by atoms with van der Waals surface area (Å²) in [6.07, 6.45) is 1.78. The Bertz CT molecular complexity index is 566. The quantitative estimate of drug-likeness (QED) is 0.907. The fourth-order valence-corrected chi connectivity index (χ4v) is 2.23. The first-order valence-corrected chi connectivity index (χ1v) is 6.83. The van der Waals surface area contributed by atoms with E-state index in [0.717, 1.165) is 18.2 Å². The van der Waals surface area contributed by atoms with Gasteiger partial charge >= 0.3 is 0 Å². The van der Waals surface area contributed by atoms with Crippen molar-refractivity contribution in [3.8, 4) is 0 Å². The average molecular weight is 270 g/mol. The van der Waals surface area contributed by atoms with Crippen molar-refractivity contribution < 1.29 is 0 Å². The molecular weight excluding hydrogens is 248 g/mol. The number of hydrogen-bond donors (Lipinski definition) is 1. The van der Waals surface area contributed by atoms with Gasteiger partial charge < -0.3 is 10.2 Å². The van der Waals surface area contributed by atoms with Crippen LogP contribution >= 0.6 is 0 Å². The molecule has 1 N–H and O–H groups in total. The molecule has 2 rings (SSSR count). The van der Waals surface area contributed by atoms with Crippen molar-refractivity contribution in [2.24, 2.45) is 0 Å². The van der Waals surface area contributed by atoms with Crippen LogP contribution in [-0.2, 0) is 0 Å². The lowest BCUT2D eigenvalue weighted by Gasteiger charge is -2.25. The highest BCUT2D eigenvalue weighted by atomic mass is 15.1. The number of benzene rings is 1. The SMILES string of the molecule is Cc1cccc(C(CNc2ccnc(C)n2)N(C)C)c1. The van der Waals surface area contributed by atoms with Crippen LogP contribution in [0.3, 0.4) is 0 Å². The monoisotopic (exact) mass is 270 g/mol. The van der Waals surface area contributed by atoms with Crippen LogP contribution in [0.15, 0.2) is 36.5 Å². The van der Waals surface area contributed by atoms with Gasteiger partial charge in [0.2, 0.25) is 0 Å². The molecule has 0 saturated carbocycles. The molecule has 20 heavy (non-hydrogen) atoms. The minimum Gasteiger partial charge on any atom is -0.368 e. The van der Waals surface area contributed by atoms with E-state index < -0.39 is 0 Å². The topological polar surface area (TPSA) is 41.1 Å². The van der Waals surface area contributed by atoms with Crippen LogP contribution in [0.4, 0.5) is 5.82 Å². The van der Waals surface area contributed by atoms with Gasteiger partial charge in [0.15, 0.2) is 0 Å². The molecule has 1 aromatic heterocycles. The van der Waals surface area contributed by atoms with E-state index in [4.69, 9.17) is 0 Å². The molecule has 1 aromatic carbocycles. The highest BCUT2D eigenvalue weighted by Gasteiger charge is 2.14. The molecule has 4 nitrogen and oxygen atoms in total. The number of aryl methyl sites for hydroxylation is 2. The van der Waals surface area contributed by atoms with Gasteiger partial charge in [-0.1, -0.05) is 29.8 Å². The maximum absolute atomic E-state index is 4.37. The van der Waals surface area contributed by atoms with Crippen molar-refractivity contribution in [3.05, 3.63) is 53.5 Å². The molecule has 0 aliphatic carbocycles. The van der Waals surface area contributed by atoms with E-state index >= 15 is 0 Å². The van der Waals surface area contributed by atoms with E-state index in [1.54, 1.807) is 6.20 Å². The Morgan fingerprint density at radius 1 is 1.20 bits per heavy atom. The highest BCUT2D eigenvalue weighted by Crippen LogP contribution is 2.19. The number of nitrogens with one attached hydrogen (secondary N) is 1. The van der Waals surface area contributed by atoms with Gasteiger partial charge in [-0.15, -0.1) is 0 Å². The molecule has 0 radical (unpaired) electrons. The Kier molecular flexibility index (Phi) is 4.69. The maximum Gasteiger partial charge on any atom is 0.129 e. The first kappa shape index (κ1) is 14.5. The third kappa shape index (κ3) is 3.78. The Morgan fingerprint density at radius 3 is 2.65 bits per heavy atom. The molecule has 0 aliphatic rings. The van der Waals surface area contributed by atoms with E-state index in [1.807, 2.05) is 13.0 Å². The number of hydrogen-bond acceptors (Lipinski definition) is 4. The van der Waals surface area contributed by atoms with Gasteiger partial charge in [-0.3, -0.25) is 0 Å². The maximum atomic E-state index is 4.37. The van der Waals surface area contributed by atoms with Gasteiger partial charge in [0.25, 0.3) is 0 Å². The van der Waals surface area contributed by atoms with Crippen LogP contribution in [0.1, 0.15) is 23.0 Å². The van der Waals surface area contributed by atoms with Crippen molar-refractivity contribution in [1.82, 2.24) is 14.9 Å². The van der Waals surface area contributed by atoms with Crippen molar-refractivity contribution in [3.63, 3.8) is 0 Å². The Hall–Kier alpha value is -1.94. The van der Waals surface area contributed by atoms with Crippen molar-refractivity contribution in [2.75, 3.05) is 26.0 Å². The zero-order chi connectivity index (χ0) is 14.5. The van der Waals surface area contributed by atoms with Crippen LogP contribution in [0.5, 0.6) is 0 Å². The van der Waals surface area contributed by atoms with Gasteiger partial charge in [-0.2, -0.15) is 0 Å². The lowest BCUT2D eigenvalue weighted by atomic mass is 10.0. The van der Waals surface area contributed by atoms with Crippen LogP contribution < -0.4 is 5.32 Å². The predicted octanol–water partition coefficient (Wildman–Crippen LogP) is 2.81. The van der Waals surface area contributed by atoms with Gasteiger partial charge in [0.1, 0.15) is 11.6 Å². The highest BCUT2D eigenvalue weighted by molar-refractivity contribution is 5.34. The summed E-state index contributed by atoms with van der Waals surface area (Å²) in [7, 11) is 4.19. The lowest BCUT2D eigenvalue weighted by molar-refractivity contribution is 0.311. The fraction of sp³-hybridized carbons (Fsp3) is 0.375. The number of nitrogens with zero attached hydrogens (tertiary/aromatic N) is 3. The second-order valence-electron chi connectivity index (χ2n) is 5.26. The van der Waals surface area contributed by atoms with Crippen molar-refractivity contribution >= 4 is 5.82 Å². The summed E-state index contributed by atoms with van der Waals surface area (Å²) in [5.41, 5.74) is 2.60. The molecule has 106 valence electrons. The summed E-state index contributed by atoms with van der Waals surface area (Å²) >= 11 is 0. The standard InChI is InChI=1S/C16H22N4/c1-12-6-5-7-14(10-12)15(20(3)4)11-18-16-8-9-17-13(2)19-16/h5-10,15H,11H2,1-4H3,(H,17,18,19). The molecule has 0 aliphatic heterocycles.